The van der Waals surface area contributed by atoms with Gasteiger partial charge in [-0.3, -0.25) is 9.69 Å². The molecule has 6 heteroatoms. The van der Waals surface area contributed by atoms with E-state index in [1.54, 1.807) is 16.2 Å². The number of hydrogen-bond donors (Lipinski definition) is 1. The van der Waals surface area contributed by atoms with E-state index in [0.717, 1.165) is 37.9 Å². The van der Waals surface area contributed by atoms with Gasteiger partial charge < -0.3 is 10.2 Å². The van der Waals surface area contributed by atoms with Crippen molar-refractivity contribution in [2.24, 2.45) is 0 Å². The van der Waals surface area contributed by atoms with E-state index in [1.165, 1.54) is 11.3 Å². The van der Waals surface area contributed by atoms with Crippen LogP contribution in [0.1, 0.15) is 40.9 Å². The van der Waals surface area contributed by atoms with Crippen molar-refractivity contribution >= 4 is 29.0 Å². The summed E-state index contributed by atoms with van der Waals surface area (Å²) in [4.78, 5) is 30.3. The average Bonchev–Trinajstić information content (AvgIpc) is 3.38. The number of thiophene rings is 1. The summed E-state index contributed by atoms with van der Waals surface area (Å²) in [5.41, 5.74) is 1.47. The first-order valence-corrected chi connectivity index (χ1v) is 10.6. The molecular formula is C21H25N3O2S. The summed E-state index contributed by atoms with van der Waals surface area (Å²) in [7, 11) is 0. The third kappa shape index (κ3) is 4.00. The molecule has 3 amide bonds. The minimum atomic E-state index is -0.0913. The predicted octanol–water partition coefficient (Wildman–Crippen LogP) is 3.91. The molecule has 2 aliphatic heterocycles. The lowest BCUT2D eigenvalue weighted by molar-refractivity contribution is 0.0602. The molecule has 142 valence electrons. The van der Waals surface area contributed by atoms with E-state index in [1.807, 2.05) is 24.3 Å². The van der Waals surface area contributed by atoms with E-state index < -0.39 is 0 Å². The third-order valence-corrected chi connectivity index (χ3v) is 6.39. The van der Waals surface area contributed by atoms with Crippen molar-refractivity contribution in [3.8, 4) is 0 Å². The molecule has 4 rings (SSSR count). The highest BCUT2D eigenvalue weighted by atomic mass is 32.1. The largest absolute Gasteiger partial charge is 0.336 e. The molecule has 2 aliphatic rings. The maximum absolute atomic E-state index is 13.2. The number of piperidine rings is 1. The molecule has 0 aliphatic carbocycles. The average molecular weight is 384 g/mol. The Morgan fingerprint density at radius 1 is 1.19 bits per heavy atom. The van der Waals surface area contributed by atoms with Crippen LogP contribution in [0.2, 0.25) is 0 Å². The topological polar surface area (TPSA) is 52.7 Å². The molecule has 1 N–H and O–H groups in total. The number of likely N-dealkylation sites (tertiary alicyclic amines) is 1. The van der Waals surface area contributed by atoms with E-state index in [0.29, 0.717) is 24.7 Å². The standard InChI is InChI=1S/C21H25N3O2S/c25-20(16-5-3-7-18(15-16)24-13-11-22-21(24)26)23-12-2-1-6-17(23)9-10-19-8-4-14-27-19/h3-5,7-8,14-15,17H,1-2,6,9-13H2,(H,22,26)/t17-/m1/s1. The Kier molecular flexibility index (Phi) is 5.43. The normalized spacial score (nSPS) is 20.0. The molecule has 0 unspecified atom stereocenters. The van der Waals surface area contributed by atoms with Crippen LogP contribution in [0.15, 0.2) is 41.8 Å². The quantitative estimate of drug-likeness (QED) is 0.851. The fourth-order valence-electron chi connectivity index (χ4n) is 4.02. The van der Waals surface area contributed by atoms with E-state index in [-0.39, 0.29) is 11.9 Å². The van der Waals surface area contributed by atoms with Crippen LogP contribution in [0.3, 0.4) is 0 Å². The summed E-state index contributed by atoms with van der Waals surface area (Å²) >= 11 is 1.79. The Bertz CT molecular complexity index is 806. The van der Waals surface area contributed by atoms with E-state index in [9.17, 15) is 9.59 Å². The van der Waals surface area contributed by atoms with Crippen molar-refractivity contribution < 1.29 is 9.59 Å². The second-order valence-corrected chi connectivity index (χ2v) is 8.23. The number of aryl methyl sites for hydroxylation is 1. The minimum absolute atomic E-state index is 0.0901. The van der Waals surface area contributed by atoms with Crippen molar-refractivity contribution in [3.05, 3.63) is 52.2 Å². The fourth-order valence-corrected chi connectivity index (χ4v) is 4.75. The third-order valence-electron chi connectivity index (χ3n) is 5.45. The minimum Gasteiger partial charge on any atom is -0.336 e. The van der Waals surface area contributed by atoms with Gasteiger partial charge in [0.2, 0.25) is 0 Å². The van der Waals surface area contributed by atoms with Crippen LogP contribution in [-0.2, 0) is 6.42 Å². The Labute approximate surface area is 164 Å². The number of carbonyl (C=O) groups is 2. The molecular weight excluding hydrogens is 358 g/mol. The lowest BCUT2D eigenvalue weighted by Gasteiger charge is -2.36. The number of anilines is 1. The molecule has 0 spiro atoms. The van der Waals surface area contributed by atoms with Gasteiger partial charge in [-0.2, -0.15) is 0 Å². The van der Waals surface area contributed by atoms with Gasteiger partial charge in [0.1, 0.15) is 0 Å². The van der Waals surface area contributed by atoms with E-state index in [4.69, 9.17) is 0 Å². The highest BCUT2D eigenvalue weighted by Gasteiger charge is 2.28. The van der Waals surface area contributed by atoms with Crippen LogP contribution in [0.5, 0.6) is 0 Å². The summed E-state index contributed by atoms with van der Waals surface area (Å²) in [5, 5.41) is 4.92. The molecule has 2 aromatic rings. The Morgan fingerprint density at radius 2 is 2.11 bits per heavy atom. The van der Waals surface area contributed by atoms with Crippen LogP contribution in [0.4, 0.5) is 10.5 Å². The summed E-state index contributed by atoms with van der Waals surface area (Å²) in [6.45, 7) is 2.11. The van der Waals surface area contributed by atoms with Gasteiger partial charge >= 0.3 is 6.03 Å². The van der Waals surface area contributed by atoms with E-state index >= 15 is 0 Å². The monoisotopic (exact) mass is 383 g/mol. The number of hydrogen-bond acceptors (Lipinski definition) is 3. The second kappa shape index (κ2) is 8.13. The first-order valence-electron chi connectivity index (χ1n) is 9.71. The fraction of sp³-hybridized carbons (Fsp3) is 0.429. The van der Waals surface area contributed by atoms with Crippen molar-refractivity contribution in [1.29, 1.82) is 0 Å². The van der Waals surface area contributed by atoms with Crippen LogP contribution in [0, 0.1) is 0 Å². The lowest BCUT2D eigenvalue weighted by Crippen LogP contribution is -2.44. The van der Waals surface area contributed by atoms with Gasteiger partial charge in [-0.25, -0.2) is 4.79 Å². The molecule has 1 aromatic heterocycles. The first-order chi connectivity index (χ1) is 13.2. The molecule has 27 heavy (non-hydrogen) atoms. The predicted molar refractivity (Wildman–Crippen MR) is 109 cm³/mol. The summed E-state index contributed by atoms with van der Waals surface area (Å²) in [6, 6.07) is 12.0. The molecule has 1 atom stereocenters. The number of carbonyl (C=O) groups excluding carboxylic acids is 2. The van der Waals surface area contributed by atoms with Crippen molar-refractivity contribution in [2.45, 2.75) is 38.1 Å². The van der Waals surface area contributed by atoms with Crippen molar-refractivity contribution in [2.75, 3.05) is 24.5 Å². The molecule has 5 nitrogen and oxygen atoms in total. The van der Waals surface area contributed by atoms with Crippen molar-refractivity contribution in [3.63, 3.8) is 0 Å². The zero-order chi connectivity index (χ0) is 18.6. The molecule has 1 aromatic carbocycles. The zero-order valence-electron chi connectivity index (χ0n) is 15.4. The number of nitrogens with one attached hydrogen (secondary N) is 1. The van der Waals surface area contributed by atoms with Crippen molar-refractivity contribution in [1.82, 2.24) is 10.2 Å². The van der Waals surface area contributed by atoms with Gasteiger partial charge in [0.15, 0.2) is 0 Å². The second-order valence-electron chi connectivity index (χ2n) is 7.20. The Balaban J connectivity index is 1.48. The zero-order valence-corrected chi connectivity index (χ0v) is 16.2. The molecule has 2 fully saturated rings. The summed E-state index contributed by atoms with van der Waals surface area (Å²) < 4.78 is 0. The van der Waals surface area contributed by atoms with Crippen LogP contribution >= 0.6 is 11.3 Å². The summed E-state index contributed by atoms with van der Waals surface area (Å²) in [5.74, 6) is 0.0901. The molecule has 0 radical (unpaired) electrons. The SMILES string of the molecule is O=C1NCCN1c1cccc(C(=O)N2CCCC[C@@H]2CCc2cccs2)c1. The molecule has 0 bridgehead atoms. The highest BCUT2D eigenvalue weighted by molar-refractivity contribution is 7.09. The van der Waals surface area contributed by atoms with Gasteiger partial charge in [-0.15, -0.1) is 11.3 Å². The maximum Gasteiger partial charge on any atom is 0.321 e. The van der Waals surface area contributed by atoms with Gasteiger partial charge in [-0.05, 0) is 61.7 Å². The van der Waals surface area contributed by atoms with Crippen LogP contribution < -0.4 is 10.2 Å². The van der Waals surface area contributed by atoms with Crippen LogP contribution in [0.25, 0.3) is 0 Å². The van der Waals surface area contributed by atoms with Gasteiger partial charge in [0.25, 0.3) is 5.91 Å². The van der Waals surface area contributed by atoms with E-state index in [2.05, 4.69) is 27.7 Å². The van der Waals surface area contributed by atoms with Gasteiger partial charge in [0.05, 0.1) is 0 Å². The first kappa shape index (κ1) is 18.0. The smallest absolute Gasteiger partial charge is 0.321 e. The highest BCUT2D eigenvalue weighted by Crippen LogP contribution is 2.26. The van der Waals surface area contributed by atoms with Gasteiger partial charge in [0, 0.05) is 41.8 Å². The molecule has 0 saturated carbocycles. The lowest BCUT2D eigenvalue weighted by atomic mass is 9.96. The van der Waals surface area contributed by atoms with Crippen LogP contribution in [-0.4, -0.2) is 42.5 Å². The molecule has 2 saturated heterocycles. The number of rotatable bonds is 5. The van der Waals surface area contributed by atoms with Gasteiger partial charge in [-0.1, -0.05) is 12.1 Å². The number of nitrogens with zero attached hydrogens (tertiary/aromatic N) is 2. The number of benzene rings is 1. The number of amides is 3. The molecule has 3 heterocycles. The number of urea groups is 1. The summed E-state index contributed by atoms with van der Waals surface area (Å²) in [6.07, 6.45) is 5.37. The Morgan fingerprint density at radius 3 is 2.89 bits per heavy atom. The maximum atomic E-state index is 13.2. The Hall–Kier alpha value is -2.34.